The molecule has 1 heterocycles. The van der Waals surface area contributed by atoms with Gasteiger partial charge in [0.2, 0.25) is 0 Å². The lowest BCUT2D eigenvalue weighted by molar-refractivity contribution is -0.146. The third kappa shape index (κ3) is 5.56. The minimum absolute atomic E-state index is 0.0524. The van der Waals surface area contributed by atoms with E-state index < -0.39 is 17.7 Å². The number of ketones is 1. The molecule has 26 heavy (non-hydrogen) atoms. The van der Waals surface area contributed by atoms with E-state index in [1.54, 1.807) is 6.92 Å². The Kier molecular flexibility index (Phi) is 6.81. The molecule has 1 aliphatic heterocycles. The third-order valence-corrected chi connectivity index (χ3v) is 4.84. The second kappa shape index (κ2) is 8.66. The van der Waals surface area contributed by atoms with Gasteiger partial charge >= 0.3 is 12.1 Å². The number of esters is 1. The number of rotatable bonds is 6. The van der Waals surface area contributed by atoms with Crippen LogP contribution in [0.5, 0.6) is 0 Å². The van der Waals surface area contributed by atoms with Crippen LogP contribution in [-0.4, -0.2) is 42.9 Å². The van der Waals surface area contributed by atoms with Gasteiger partial charge in [-0.3, -0.25) is 9.59 Å². The van der Waals surface area contributed by atoms with E-state index in [1.807, 2.05) is 7.05 Å². The summed E-state index contributed by atoms with van der Waals surface area (Å²) in [6, 6.07) is 5.20. The molecule has 0 N–H and O–H groups in total. The Balaban J connectivity index is 1.97. The maximum absolute atomic E-state index is 12.7. The van der Waals surface area contributed by atoms with Crippen molar-refractivity contribution in [2.45, 2.75) is 44.8 Å². The molecule has 7 heteroatoms. The topological polar surface area (TPSA) is 46.6 Å². The van der Waals surface area contributed by atoms with Crippen molar-refractivity contribution in [1.29, 1.82) is 0 Å². The van der Waals surface area contributed by atoms with Gasteiger partial charge in [0.15, 0.2) is 0 Å². The van der Waals surface area contributed by atoms with Crippen LogP contribution in [0.1, 0.15) is 37.3 Å². The van der Waals surface area contributed by atoms with Crippen molar-refractivity contribution >= 4 is 11.8 Å². The predicted octanol–water partition coefficient (Wildman–Crippen LogP) is 3.48. The van der Waals surface area contributed by atoms with Crippen LogP contribution in [0.4, 0.5) is 13.2 Å². The van der Waals surface area contributed by atoms with Gasteiger partial charge in [0.1, 0.15) is 12.2 Å². The first-order valence-electron chi connectivity index (χ1n) is 8.75. The number of alkyl halides is 3. The number of carbonyl (C=O) groups is 2. The van der Waals surface area contributed by atoms with Crippen LogP contribution in [0, 0.1) is 5.92 Å². The number of likely N-dealkylation sites (N-methyl/N-ethyl adjacent to an activating group) is 1. The molecule has 144 valence electrons. The van der Waals surface area contributed by atoms with E-state index in [1.165, 1.54) is 12.1 Å². The van der Waals surface area contributed by atoms with Crippen molar-refractivity contribution in [3.63, 3.8) is 0 Å². The Morgan fingerprint density at radius 1 is 1.23 bits per heavy atom. The lowest BCUT2D eigenvalue weighted by atomic mass is 9.84. The van der Waals surface area contributed by atoms with Gasteiger partial charge in [-0.05, 0) is 57.5 Å². The summed E-state index contributed by atoms with van der Waals surface area (Å²) in [6.45, 7) is 2.65. The van der Waals surface area contributed by atoms with E-state index in [0.29, 0.717) is 25.8 Å². The van der Waals surface area contributed by atoms with Gasteiger partial charge in [-0.25, -0.2) is 0 Å². The molecule has 0 radical (unpaired) electrons. The number of halogens is 3. The van der Waals surface area contributed by atoms with Gasteiger partial charge in [-0.2, -0.15) is 13.2 Å². The molecule has 0 unspecified atom stereocenters. The highest BCUT2D eigenvalue weighted by molar-refractivity contribution is 5.96. The second-order valence-electron chi connectivity index (χ2n) is 6.70. The Hall–Kier alpha value is -1.89. The molecule has 0 aliphatic carbocycles. The number of likely N-dealkylation sites (tertiary alicyclic amines) is 1. The fourth-order valence-electron chi connectivity index (χ4n) is 3.30. The Morgan fingerprint density at radius 2 is 1.88 bits per heavy atom. The van der Waals surface area contributed by atoms with Crippen molar-refractivity contribution in [3.05, 3.63) is 35.4 Å². The largest absolute Gasteiger partial charge is 0.466 e. The summed E-state index contributed by atoms with van der Waals surface area (Å²) < 4.78 is 42.8. The Bertz CT molecular complexity index is 628. The molecule has 2 atom stereocenters. The maximum atomic E-state index is 12.7. The first kappa shape index (κ1) is 20.4. The molecule has 1 saturated heterocycles. The van der Waals surface area contributed by atoms with Gasteiger partial charge in [-0.15, -0.1) is 0 Å². The van der Waals surface area contributed by atoms with E-state index in [4.69, 9.17) is 4.74 Å². The van der Waals surface area contributed by atoms with E-state index in [2.05, 4.69) is 4.90 Å². The van der Waals surface area contributed by atoms with Crippen LogP contribution in [0.25, 0.3) is 0 Å². The second-order valence-corrected chi connectivity index (χ2v) is 6.70. The molecule has 1 aromatic rings. The molecule has 2 rings (SSSR count). The number of nitrogens with zero attached hydrogens (tertiary/aromatic N) is 1. The van der Waals surface area contributed by atoms with Crippen molar-refractivity contribution in [3.8, 4) is 0 Å². The predicted molar refractivity (Wildman–Crippen MR) is 90.5 cm³/mol. The highest BCUT2D eigenvalue weighted by Crippen LogP contribution is 2.30. The first-order valence-corrected chi connectivity index (χ1v) is 8.75. The highest BCUT2D eigenvalue weighted by atomic mass is 19.4. The highest BCUT2D eigenvalue weighted by Gasteiger charge is 2.32. The van der Waals surface area contributed by atoms with E-state index in [-0.39, 0.29) is 30.8 Å². The average Bonchev–Trinajstić information content (AvgIpc) is 2.56. The van der Waals surface area contributed by atoms with Gasteiger partial charge in [0.25, 0.3) is 0 Å². The van der Waals surface area contributed by atoms with Crippen LogP contribution in [0.15, 0.2) is 24.3 Å². The number of ether oxygens (including phenoxy) is 1. The summed E-state index contributed by atoms with van der Waals surface area (Å²) in [7, 11) is 1.95. The smallest absolute Gasteiger partial charge is 0.416 e. The zero-order valence-electron chi connectivity index (χ0n) is 15.0. The quantitative estimate of drug-likeness (QED) is 0.567. The van der Waals surface area contributed by atoms with Crippen molar-refractivity contribution in [2.75, 3.05) is 20.2 Å². The van der Waals surface area contributed by atoms with E-state index >= 15 is 0 Å². The van der Waals surface area contributed by atoms with Crippen molar-refractivity contribution in [2.24, 2.45) is 5.92 Å². The normalized spacial score (nSPS) is 21.4. The molecular weight excluding hydrogens is 347 g/mol. The number of hydrogen-bond acceptors (Lipinski definition) is 4. The van der Waals surface area contributed by atoms with Crippen LogP contribution >= 0.6 is 0 Å². The van der Waals surface area contributed by atoms with E-state index in [9.17, 15) is 22.8 Å². The Morgan fingerprint density at radius 3 is 2.46 bits per heavy atom. The lowest BCUT2D eigenvalue weighted by Gasteiger charge is -2.36. The summed E-state index contributed by atoms with van der Waals surface area (Å²) in [5.41, 5.74) is 0.133. The lowest BCUT2D eigenvalue weighted by Crippen LogP contribution is -2.43. The van der Waals surface area contributed by atoms with Crippen LogP contribution in [0.2, 0.25) is 0 Å². The fraction of sp³-hybridized carbons (Fsp3) is 0.579. The van der Waals surface area contributed by atoms with Gasteiger partial charge in [0, 0.05) is 12.0 Å². The molecule has 0 aromatic heterocycles. The molecule has 0 amide bonds. The summed E-state index contributed by atoms with van der Waals surface area (Å²) in [5.74, 6) is -0.834. The number of carbonyl (C=O) groups excluding carboxylic acids is 2. The van der Waals surface area contributed by atoms with Crippen LogP contribution < -0.4 is 0 Å². The molecule has 4 nitrogen and oxygen atoms in total. The van der Waals surface area contributed by atoms with E-state index in [0.717, 1.165) is 17.7 Å². The summed E-state index contributed by atoms with van der Waals surface area (Å²) >= 11 is 0. The SMILES string of the molecule is CCOC(=O)CC(=O)[C@@H]1CCN(C)[C@H](Cc2ccc(C(F)(F)F)cc2)C1. The first-order chi connectivity index (χ1) is 12.2. The maximum Gasteiger partial charge on any atom is 0.416 e. The number of piperidine rings is 1. The Labute approximate surface area is 151 Å². The molecule has 1 fully saturated rings. The summed E-state index contributed by atoms with van der Waals surface area (Å²) in [6.07, 6.45) is -2.72. The molecule has 0 bridgehead atoms. The number of Topliss-reactive ketones (excluding diaryl/α,β-unsaturated/α-hetero) is 1. The zero-order chi connectivity index (χ0) is 19.3. The number of benzene rings is 1. The molecule has 1 aromatic carbocycles. The molecule has 0 saturated carbocycles. The summed E-state index contributed by atoms with van der Waals surface area (Å²) in [5, 5.41) is 0. The van der Waals surface area contributed by atoms with Gasteiger partial charge < -0.3 is 9.64 Å². The molecule has 1 aliphatic rings. The third-order valence-electron chi connectivity index (χ3n) is 4.84. The molecule has 0 spiro atoms. The van der Waals surface area contributed by atoms with Gasteiger partial charge in [0.05, 0.1) is 12.2 Å². The van der Waals surface area contributed by atoms with Crippen molar-refractivity contribution < 1.29 is 27.5 Å². The molecular formula is C19H24F3NO3. The monoisotopic (exact) mass is 371 g/mol. The minimum atomic E-state index is -4.34. The minimum Gasteiger partial charge on any atom is -0.466 e. The fourth-order valence-corrected chi connectivity index (χ4v) is 3.30. The van der Waals surface area contributed by atoms with Gasteiger partial charge in [-0.1, -0.05) is 12.1 Å². The van der Waals surface area contributed by atoms with Crippen LogP contribution in [-0.2, 0) is 26.9 Å². The zero-order valence-corrected chi connectivity index (χ0v) is 15.0. The average molecular weight is 371 g/mol. The standard InChI is InChI=1S/C19H24F3NO3/c1-3-26-18(25)12-17(24)14-8-9-23(2)16(11-14)10-13-4-6-15(7-5-13)19(20,21)22/h4-7,14,16H,3,8-12H2,1-2H3/t14-,16-/m1/s1. The summed E-state index contributed by atoms with van der Waals surface area (Å²) in [4.78, 5) is 25.9. The van der Waals surface area contributed by atoms with Crippen LogP contribution in [0.3, 0.4) is 0 Å². The van der Waals surface area contributed by atoms with Crippen molar-refractivity contribution in [1.82, 2.24) is 4.90 Å². The number of hydrogen-bond donors (Lipinski definition) is 0.